The fourth-order valence-corrected chi connectivity index (χ4v) is 4.78. The molecule has 160 valence electrons. The van der Waals surface area contributed by atoms with Crippen LogP contribution in [-0.4, -0.2) is 4.98 Å². The van der Waals surface area contributed by atoms with Crippen LogP contribution >= 0.6 is 0 Å². The van der Waals surface area contributed by atoms with Crippen LogP contribution < -0.4 is 0 Å². The number of pyridine rings is 1. The summed E-state index contributed by atoms with van der Waals surface area (Å²) in [6.07, 6.45) is 1.82. The van der Waals surface area contributed by atoms with Gasteiger partial charge in [0.2, 0.25) is 0 Å². The van der Waals surface area contributed by atoms with E-state index in [1.807, 2.05) is 48.7 Å². The quantitative estimate of drug-likeness (QED) is 0.277. The molecule has 7 aromatic rings. The predicted octanol–water partition coefficient (Wildman–Crippen LogP) is 8.73. The van der Waals surface area contributed by atoms with Crippen LogP contribution in [0.1, 0.15) is 0 Å². The number of nitrogens with zero attached hydrogens (tertiary/aromatic N) is 1. The molecule has 0 N–H and O–H groups in total. The Hall–Kier alpha value is -4.63. The Balaban J connectivity index is 1.51. The minimum atomic E-state index is 0.762. The summed E-state index contributed by atoms with van der Waals surface area (Å²) in [7, 11) is 0. The maximum absolute atomic E-state index is 6.38. The van der Waals surface area contributed by atoms with Crippen molar-refractivity contribution in [2.45, 2.75) is 0 Å². The molecule has 0 unspecified atom stereocenters. The number of benzene rings is 4. The molecule has 3 aromatic heterocycles. The van der Waals surface area contributed by atoms with E-state index in [-0.39, 0.29) is 0 Å². The van der Waals surface area contributed by atoms with Crippen LogP contribution in [0.15, 0.2) is 124 Å². The lowest BCUT2D eigenvalue weighted by Gasteiger charge is -2.05. The summed E-state index contributed by atoms with van der Waals surface area (Å²) in [6, 6.07) is 37.1. The van der Waals surface area contributed by atoms with E-state index < -0.39 is 0 Å². The zero-order valence-electron chi connectivity index (χ0n) is 18.2. The summed E-state index contributed by atoms with van der Waals surface area (Å²) >= 11 is 0. The highest BCUT2D eigenvalue weighted by Gasteiger charge is 2.20. The average Bonchev–Trinajstić information content (AvgIpc) is 3.48. The van der Waals surface area contributed by atoms with Crippen LogP contribution in [0.4, 0.5) is 0 Å². The van der Waals surface area contributed by atoms with Gasteiger partial charge in [-0.15, -0.1) is 0 Å². The minimum absolute atomic E-state index is 0.762. The molecule has 0 bridgehead atoms. The Morgan fingerprint density at radius 2 is 1.24 bits per heavy atom. The molecule has 0 aliphatic heterocycles. The lowest BCUT2D eigenvalue weighted by molar-refractivity contribution is 0.631. The summed E-state index contributed by atoms with van der Waals surface area (Å²) in [5.74, 6) is 0.850. The molecule has 3 heterocycles. The highest BCUT2D eigenvalue weighted by Crippen LogP contribution is 2.42. The Morgan fingerprint density at radius 3 is 2.06 bits per heavy atom. The van der Waals surface area contributed by atoms with Crippen LogP contribution in [0.25, 0.3) is 66.6 Å². The normalized spacial score (nSPS) is 11.5. The van der Waals surface area contributed by atoms with E-state index in [0.29, 0.717) is 0 Å². The summed E-state index contributed by atoms with van der Waals surface area (Å²) in [5.41, 5.74) is 7.54. The number of furan rings is 2. The van der Waals surface area contributed by atoms with Crippen LogP contribution in [0.3, 0.4) is 0 Å². The van der Waals surface area contributed by atoms with Crippen LogP contribution in [0, 0.1) is 0 Å². The molecular weight excluding hydrogens is 418 g/mol. The van der Waals surface area contributed by atoms with Crippen molar-refractivity contribution in [1.29, 1.82) is 0 Å². The minimum Gasteiger partial charge on any atom is -0.455 e. The van der Waals surface area contributed by atoms with Gasteiger partial charge in [0.25, 0.3) is 0 Å². The average molecular weight is 437 g/mol. The second kappa shape index (κ2) is 7.46. The van der Waals surface area contributed by atoms with E-state index in [9.17, 15) is 0 Å². The fourth-order valence-electron chi connectivity index (χ4n) is 4.78. The number of rotatable bonds is 3. The molecule has 0 aliphatic rings. The third-order valence-corrected chi connectivity index (χ3v) is 6.35. The third-order valence-electron chi connectivity index (χ3n) is 6.35. The van der Waals surface area contributed by atoms with E-state index >= 15 is 0 Å². The molecule has 3 nitrogen and oxygen atoms in total. The first-order chi connectivity index (χ1) is 16.9. The zero-order chi connectivity index (χ0) is 22.5. The molecule has 0 fully saturated rings. The summed E-state index contributed by atoms with van der Waals surface area (Å²) in [6.45, 7) is 0. The van der Waals surface area contributed by atoms with E-state index in [1.165, 1.54) is 0 Å². The molecule has 0 amide bonds. The zero-order valence-corrected chi connectivity index (χ0v) is 18.2. The monoisotopic (exact) mass is 437 g/mol. The van der Waals surface area contributed by atoms with Crippen molar-refractivity contribution in [3.63, 3.8) is 0 Å². The third kappa shape index (κ3) is 2.87. The number of hydrogen-bond acceptors (Lipinski definition) is 3. The Kier molecular flexibility index (Phi) is 4.15. The van der Waals surface area contributed by atoms with Gasteiger partial charge in [-0.2, -0.15) is 0 Å². The molecule has 4 aromatic carbocycles. The Labute approximate surface area is 195 Å². The largest absolute Gasteiger partial charge is 0.455 e. The maximum atomic E-state index is 6.38. The topological polar surface area (TPSA) is 39.2 Å². The SMILES string of the molecule is c1ccc(-c2oc3cnc(-c4cccc5c4oc4ccccc45)cc3c2-c2ccccc2)cc1. The molecule has 7 rings (SSSR count). The first kappa shape index (κ1) is 18.9. The number of hydrogen-bond donors (Lipinski definition) is 0. The summed E-state index contributed by atoms with van der Waals surface area (Å²) in [5, 5.41) is 3.23. The van der Waals surface area contributed by atoms with Gasteiger partial charge in [0.15, 0.2) is 5.58 Å². The predicted molar refractivity (Wildman–Crippen MR) is 138 cm³/mol. The van der Waals surface area contributed by atoms with Crippen LogP contribution in [0.5, 0.6) is 0 Å². The fraction of sp³-hybridized carbons (Fsp3) is 0. The standard InChI is InChI=1S/C31H19NO2/c1-3-10-20(11-4-1)29-25-18-26(32-19-28(25)34-30(29)21-12-5-2-6-13-21)24-16-9-15-23-22-14-7-8-17-27(22)33-31(23)24/h1-19H. The lowest BCUT2D eigenvalue weighted by atomic mass is 9.98. The Bertz CT molecular complexity index is 1790. The second-order valence-electron chi connectivity index (χ2n) is 8.38. The highest BCUT2D eigenvalue weighted by atomic mass is 16.3. The van der Waals surface area contributed by atoms with Crippen molar-refractivity contribution < 1.29 is 8.83 Å². The molecule has 3 heteroatoms. The van der Waals surface area contributed by atoms with Gasteiger partial charge in [-0.25, -0.2) is 0 Å². The molecule has 34 heavy (non-hydrogen) atoms. The molecule has 0 spiro atoms. The molecular formula is C31H19NO2. The van der Waals surface area contributed by atoms with E-state index in [1.54, 1.807) is 0 Å². The molecule has 0 saturated carbocycles. The van der Waals surface area contributed by atoms with Crippen molar-refractivity contribution in [2.75, 3.05) is 0 Å². The Morgan fingerprint density at radius 1 is 0.529 bits per heavy atom. The van der Waals surface area contributed by atoms with Gasteiger partial charge in [0, 0.05) is 32.8 Å². The van der Waals surface area contributed by atoms with Gasteiger partial charge in [-0.3, -0.25) is 4.98 Å². The van der Waals surface area contributed by atoms with Crippen molar-refractivity contribution >= 4 is 32.9 Å². The molecule has 0 atom stereocenters. The van der Waals surface area contributed by atoms with Crippen molar-refractivity contribution in [3.05, 3.63) is 115 Å². The van der Waals surface area contributed by atoms with E-state index in [0.717, 1.165) is 66.6 Å². The highest BCUT2D eigenvalue weighted by molar-refractivity contribution is 6.10. The van der Waals surface area contributed by atoms with Crippen molar-refractivity contribution in [2.24, 2.45) is 0 Å². The summed E-state index contributed by atoms with van der Waals surface area (Å²) in [4.78, 5) is 4.79. The van der Waals surface area contributed by atoms with Gasteiger partial charge in [0.1, 0.15) is 16.9 Å². The lowest BCUT2D eigenvalue weighted by Crippen LogP contribution is -1.85. The van der Waals surface area contributed by atoms with Crippen molar-refractivity contribution in [3.8, 4) is 33.7 Å². The second-order valence-corrected chi connectivity index (χ2v) is 8.38. The first-order valence-electron chi connectivity index (χ1n) is 11.3. The summed E-state index contributed by atoms with van der Waals surface area (Å²) < 4.78 is 12.7. The van der Waals surface area contributed by atoms with Gasteiger partial charge >= 0.3 is 0 Å². The number of fused-ring (bicyclic) bond motifs is 4. The number of para-hydroxylation sites is 2. The van der Waals surface area contributed by atoms with Crippen LogP contribution in [0.2, 0.25) is 0 Å². The van der Waals surface area contributed by atoms with E-state index in [4.69, 9.17) is 13.8 Å². The molecule has 0 saturated heterocycles. The van der Waals surface area contributed by atoms with Gasteiger partial charge in [-0.1, -0.05) is 91.0 Å². The van der Waals surface area contributed by atoms with Crippen molar-refractivity contribution in [1.82, 2.24) is 4.98 Å². The van der Waals surface area contributed by atoms with Gasteiger partial charge in [0.05, 0.1) is 11.9 Å². The van der Waals surface area contributed by atoms with E-state index in [2.05, 4.69) is 66.7 Å². The van der Waals surface area contributed by atoms with Crippen LogP contribution in [-0.2, 0) is 0 Å². The maximum Gasteiger partial charge on any atom is 0.153 e. The first-order valence-corrected chi connectivity index (χ1v) is 11.3. The molecule has 0 radical (unpaired) electrons. The molecule has 0 aliphatic carbocycles. The van der Waals surface area contributed by atoms with Gasteiger partial charge < -0.3 is 8.83 Å². The smallest absolute Gasteiger partial charge is 0.153 e. The van der Waals surface area contributed by atoms with Gasteiger partial charge in [-0.05, 0) is 23.8 Å². The number of aromatic nitrogens is 1.